The van der Waals surface area contributed by atoms with Crippen molar-refractivity contribution >= 4 is 23.2 Å². The van der Waals surface area contributed by atoms with E-state index in [4.69, 9.17) is 28.9 Å². The molecule has 2 aromatic rings. The summed E-state index contributed by atoms with van der Waals surface area (Å²) in [5.74, 6) is 0. The van der Waals surface area contributed by atoms with Crippen LogP contribution in [-0.2, 0) is 6.42 Å². The summed E-state index contributed by atoms with van der Waals surface area (Å²) in [6.07, 6.45) is 7.87. The molecule has 1 aliphatic carbocycles. The highest BCUT2D eigenvalue weighted by atomic mass is 35.5. The summed E-state index contributed by atoms with van der Waals surface area (Å²) in [4.78, 5) is 0. The summed E-state index contributed by atoms with van der Waals surface area (Å²) >= 11 is 12.0. The van der Waals surface area contributed by atoms with Crippen molar-refractivity contribution in [2.24, 2.45) is 5.73 Å². The molecule has 0 saturated heterocycles. The minimum Gasteiger partial charge on any atom is -0.324 e. The molecule has 0 radical (unpaired) electrons. The van der Waals surface area contributed by atoms with E-state index >= 15 is 0 Å². The van der Waals surface area contributed by atoms with Crippen LogP contribution >= 0.6 is 23.2 Å². The van der Waals surface area contributed by atoms with E-state index in [1.807, 2.05) is 12.1 Å². The van der Waals surface area contributed by atoms with Gasteiger partial charge in [0.15, 0.2) is 0 Å². The summed E-state index contributed by atoms with van der Waals surface area (Å²) in [5, 5.41) is 5.77. The number of aromatic nitrogens is 2. The van der Waals surface area contributed by atoms with E-state index in [-0.39, 0.29) is 6.04 Å². The van der Waals surface area contributed by atoms with Gasteiger partial charge in [0, 0.05) is 18.7 Å². The predicted molar refractivity (Wildman–Crippen MR) is 86.8 cm³/mol. The molecule has 1 heterocycles. The third-order valence-electron chi connectivity index (χ3n) is 4.16. The van der Waals surface area contributed by atoms with Gasteiger partial charge in [0.2, 0.25) is 0 Å². The molecule has 2 N–H and O–H groups in total. The third kappa shape index (κ3) is 3.42. The van der Waals surface area contributed by atoms with Gasteiger partial charge in [-0.15, -0.1) is 0 Å². The maximum Gasteiger partial charge on any atom is 0.0643 e. The monoisotopic (exact) mass is 323 g/mol. The zero-order valence-electron chi connectivity index (χ0n) is 11.8. The molecular formula is C16H19Cl2N3. The topological polar surface area (TPSA) is 43.8 Å². The van der Waals surface area contributed by atoms with Crippen molar-refractivity contribution < 1.29 is 0 Å². The summed E-state index contributed by atoms with van der Waals surface area (Å²) in [7, 11) is 0. The van der Waals surface area contributed by atoms with Crippen molar-refractivity contribution in [3.8, 4) is 0 Å². The number of rotatable bonds is 4. The Labute approximate surface area is 135 Å². The fraction of sp³-hybridized carbons (Fsp3) is 0.438. The summed E-state index contributed by atoms with van der Waals surface area (Å²) in [6.45, 7) is 0. The maximum atomic E-state index is 6.26. The molecule has 1 aromatic heterocycles. The zero-order valence-corrected chi connectivity index (χ0v) is 13.3. The van der Waals surface area contributed by atoms with Crippen molar-refractivity contribution in [1.82, 2.24) is 9.78 Å². The molecule has 3 rings (SSSR count). The van der Waals surface area contributed by atoms with Gasteiger partial charge in [0.05, 0.1) is 21.8 Å². The quantitative estimate of drug-likeness (QED) is 0.897. The Morgan fingerprint density at radius 3 is 2.67 bits per heavy atom. The van der Waals surface area contributed by atoms with E-state index in [0.717, 1.165) is 11.3 Å². The lowest BCUT2D eigenvalue weighted by Gasteiger charge is -2.12. The molecule has 3 nitrogen and oxygen atoms in total. The van der Waals surface area contributed by atoms with Gasteiger partial charge in [-0.05, 0) is 36.6 Å². The zero-order chi connectivity index (χ0) is 14.8. The van der Waals surface area contributed by atoms with Crippen LogP contribution in [0.3, 0.4) is 0 Å². The maximum absolute atomic E-state index is 6.26. The lowest BCUT2D eigenvalue weighted by Crippen LogP contribution is -2.14. The van der Waals surface area contributed by atoms with Crippen LogP contribution in [0.4, 0.5) is 0 Å². The van der Waals surface area contributed by atoms with Crippen molar-refractivity contribution in [2.45, 2.75) is 44.2 Å². The molecule has 0 spiro atoms. The second kappa shape index (κ2) is 6.39. The Bertz CT molecular complexity index is 618. The van der Waals surface area contributed by atoms with Crippen molar-refractivity contribution in [1.29, 1.82) is 0 Å². The van der Waals surface area contributed by atoms with Gasteiger partial charge in [-0.3, -0.25) is 4.68 Å². The number of nitrogens with two attached hydrogens (primary N) is 1. The van der Waals surface area contributed by atoms with Gasteiger partial charge in [-0.1, -0.05) is 42.1 Å². The first-order chi connectivity index (χ1) is 10.1. The Hall–Kier alpha value is -1.03. The minimum atomic E-state index is -0.119. The Morgan fingerprint density at radius 2 is 1.95 bits per heavy atom. The van der Waals surface area contributed by atoms with Crippen LogP contribution < -0.4 is 5.73 Å². The van der Waals surface area contributed by atoms with Crippen molar-refractivity contribution in [3.05, 3.63) is 51.8 Å². The largest absolute Gasteiger partial charge is 0.324 e. The molecule has 0 aliphatic heterocycles. The van der Waals surface area contributed by atoms with Gasteiger partial charge in [-0.2, -0.15) is 5.10 Å². The Kier molecular flexibility index (Phi) is 4.53. The SMILES string of the molecule is NC(Cc1ccn(C2CCCC2)n1)c1ccc(Cl)c(Cl)c1. The highest BCUT2D eigenvalue weighted by Crippen LogP contribution is 2.29. The summed E-state index contributed by atoms with van der Waals surface area (Å²) in [6, 6.07) is 8.06. The molecule has 1 aromatic carbocycles. The van der Waals surface area contributed by atoms with Crippen molar-refractivity contribution in [3.63, 3.8) is 0 Å². The second-order valence-corrected chi connectivity index (χ2v) is 6.52. The third-order valence-corrected chi connectivity index (χ3v) is 4.90. The van der Waals surface area contributed by atoms with Crippen LogP contribution in [0.25, 0.3) is 0 Å². The first-order valence-electron chi connectivity index (χ1n) is 7.38. The van der Waals surface area contributed by atoms with Gasteiger partial charge in [0.25, 0.3) is 0 Å². The van der Waals surface area contributed by atoms with E-state index in [9.17, 15) is 0 Å². The average Bonchev–Trinajstić information content (AvgIpc) is 3.12. The number of benzene rings is 1. The average molecular weight is 324 g/mol. The van der Waals surface area contributed by atoms with Gasteiger partial charge < -0.3 is 5.73 Å². The van der Waals surface area contributed by atoms with E-state index < -0.39 is 0 Å². The molecule has 1 atom stereocenters. The van der Waals surface area contributed by atoms with E-state index in [2.05, 4.69) is 22.0 Å². The number of hydrogen-bond donors (Lipinski definition) is 1. The van der Waals surface area contributed by atoms with Gasteiger partial charge in [-0.25, -0.2) is 0 Å². The lowest BCUT2D eigenvalue weighted by atomic mass is 10.0. The van der Waals surface area contributed by atoms with Crippen LogP contribution in [0.5, 0.6) is 0 Å². The smallest absolute Gasteiger partial charge is 0.0643 e. The second-order valence-electron chi connectivity index (χ2n) is 5.71. The normalized spacial score (nSPS) is 17.3. The molecule has 1 aliphatic rings. The number of hydrogen-bond acceptors (Lipinski definition) is 2. The van der Waals surface area contributed by atoms with Gasteiger partial charge in [0.1, 0.15) is 0 Å². The van der Waals surface area contributed by atoms with E-state index in [1.54, 1.807) is 6.07 Å². The molecule has 0 amide bonds. The molecule has 1 saturated carbocycles. The highest BCUT2D eigenvalue weighted by Gasteiger charge is 2.18. The highest BCUT2D eigenvalue weighted by molar-refractivity contribution is 6.42. The Morgan fingerprint density at radius 1 is 1.19 bits per heavy atom. The standard InChI is InChI=1S/C16H19Cl2N3/c17-14-6-5-11(9-15(14)18)16(19)10-12-7-8-21(20-12)13-3-1-2-4-13/h5-9,13,16H,1-4,10,19H2. The van der Waals surface area contributed by atoms with Crippen LogP contribution in [0.2, 0.25) is 10.0 Å². The molecule has 21 heavy (non-hydrogen) atoms. The van der Waals surface area contributed by atoms with E-state index in [0.29, 0.717) is 22.5 Å². The van der Waals surface area contributed by atoms with E-state index in [1.165, 1.54) is 25.7 Å². The van der Waals surface area contributed by atoms with Crippen LogP contribution in [-0.4, -0.2) is 9.78 Å². The number of halogens is 2. The fourth-order valence-electron chi connectivity index (χ4n) is 2.94. The fourth-order valence-corrected chi connectivity index (χ4v) is 3.25. The minimum absolute atomic E-state index is 0.119. The first kappa shape index (κ1) is 14.9. The van der Waals surface area contributed by atoms with Crippen LogP contribution in [0, 0.1) is 0 Å². The van der Waals surface area contributed by atoms with Crippen LogP contribution in [0.1, 0.15) is 49.0 Å². The summed E-state index contributed by atoms with van der Waals surface area (Å²) < 4.78 is 2.10. The lowest BCUT2D eigenvalue weighted by molar-refractivity contribution is 0.461. The predicted octanol–water partition coefficient (Wildman–Crippen LogP) is 4.55. The molecular weight excluding hydrogens is 305 g/mol. The van der Waals surface area contributed by atoms with Crippen LogP contribution in [0.15, 0.2) is 30.5 Å². The molecule has 112 valence electrons. The molecule has 1 fully saturated rings. The molecule has 1 unspecified atom stereocenters. The van der Waals surface area contributed by atoms with Gasteiger partial charge >= 0.3 is 0 Å². The molecule has 5 heteroatoms. The summed E-state index contributed by atoms with van der Waals surface area (Å²) in [5.41, 5.74) is 8.27. The first-order valence-corrected chi connectivity index (χ1v) is 8.13. The Balaban J connectivity index is 1.69. The van der Waals surface area contributed by atoms with Crippen molar-refractivity contribution in [2.75, 3.05) is 0 Å². The number of nitrogens with zero attached hydrogens (tertiary/aromatic N) is 2. The molecule has 0 bridgehead atoms.